The summed E-state index contributed by atoms with van der Waals surface area (Å²) >= 11 is 0. The van der Waals surface area contributed by atoms with Gasteiger partial charge in [-0.15, -0.1) is 0 Å². The highest BCUT2D eigenvalue weighted by atomic mass is 15.2. The third kappa shape index (κ3) is 3.69. The molecule has 0 radical (unpaired) electrons. The van der Waals surface area contributed by atoms with Crippen LogP contribution in [0.3, 0.4) is 0 Å². The van der Waals surface area contributed by atoms with Crippen molar-refractivity contribution in [3.63, 3.8) is 0 Å². The topological polar surface area (TPSA) is 29.3 Å². The molecule has 0 saturated carbocycles. The van der Waals surface area contributed by atoms with Gasteiger partial charge in [0.2, 0.25) is 0 Å². The molecular weight excluding hydrogens is 208 g/mol. The van der Waals surface area contributed by atoms with Crippen LogP contribution in [0.2, 0.25) is 0 Å². The lowest BCUT2D eigenvalue weighted by Crippen LogP contribution is -2.52. The van der Waals surface area contributed by atoms with E-state index in [0.717, 1.165) is 12.5 Å². The summed E-state index contributed by atoms with van der Waals surface area (Å²) < 4.78 is 0. The van der Waals surface area contributed by atoms with Crippen molar-refractivity contribution in [2.75, 3.05) is 19.6 Å². The molecule has 2 N–H and O–H groups in total. The number of nitrogens with two attached hydrogens (primary N) is 1. The second-order valence-electron chi connectivity index (χ2n) is 5.82. The van der Waals surface area contributed by atoms with Gasteiger partial charge >= 0.3 is 0 Å². The fraction of sp³-hybridized carbons (Fsp3) is 1.00. The Morgan fingerprint density at radius 1 is 1.12 bits per heavy atom. The van der Waals surface area contributed by atoms with Gasteiger partial charge in [-0.1, -0.05) is 40.0 Å². The zero-order valence-corrected chi connectivity index (χ0v) is 12.2. The van der Waals surface area contributed by atoms with Gasteiger partial charge in [-0.05, 0) is 38.1 Å². The molecule has 0 spiro atoms. The predicted molar refractivity (Wildman–Crippen MR) is 76.2 cm³/mol. The maximum atomic E-state index is 6.14. The molecule has 2 heteroatoms. The molecule has 1 rings (SSSR count). The van der Waals surface area contributed by atoms with Crippen LogP contribution in [0.25, 0.3) is 0 Å². The van der Waals surface area contributed by atoms with Gasteiger partial charge in [0.15, 0.2) is 0 Å². The second kappa shape index (κ2) is 7.38. The van der Waals surface area contributed by atoms with Gasteiger partial charge in [-0.2, -0.15) is 0 Å². The van der Waals surface area contributed by atoms with Crippen molar-refractivity contribution >= 4 is 0 Å². The maximum Gasteiger partial charge on any atom is 0.0331 e. The van der Waals surface area contributed by atoms with Crippen molar-refractivity contribution in [3.8, 4) is 0 Å². The molecule has 1 atom stereocenters. The van der Waals surface area contributed by atoms with E-state index in [9.17, 15) is 0 Å². The standard InChI is InChI=1S/C15H32N2/c1-4-7-14-8-11-17(12-14)15(13-16,9-5-2)10-6-3/h14H,4-13,16H2,1-3H3. The summed E-state index contributed by atoms with van der Waals surface area (Å²) in [6.45, 7) is 10.3. The van der Waals surface area contributed by atoms with Crippen molar-refractivity contribution in [1.29, 1.82) is 0 Å². The summed E-state index contributed by atoms with van der Waals surface area (Å²) in [5, 5.41) is 0. The van der Waals surface area contributed by atoms with Gasteiger partial charge in [0.25, 0.3) is 0 Å². The average Bonchev–Trinajstić information content (AvgIpc) is 2.78. The second-order valence-corrected chi connectivity index (χ2v) is 5.82. The minimum atomic E-state index is 0.311. The Labute approximate surface area is 108 Å². The van der Waals surface area contributed by atoms with Crippen LogP contribution in [-0.2, 0) is 0 Å². The quantitative estimate of drug-likeness (QED) is 0.704. The molecule has 1 unspecified atom stereocenters. The fourth-order valence-electron chi connectivity index (χ4n) is 3.61. The van der Waals surface area contributed by atoms with E-state index in [2.05, 4.69) is 25.7 Å². The third-order valence-corrected chi connectivity index (χ3v) is 4.46. The molecule has 0 aromatic heterocycles. The normalized spacial score (nSPS) is 22.2. The zero-order chi connectivity index (χ0) is 12.7. The van der Waals surface area contributed by atoms with E-state index < -0.39 is 0 Å². The molecule has 102 valence electrons. The molecule has 1 fully saturated rings. The van der Waals surface area contributed by atoms with Gasteiger partial charge in [-0.3, -0.25) is 4.90 Å². The SMILES string of the molecule is CCCC1CCN(C(CN)(CCC)CCC)C1. The van der Waals surface area contributed by atoms with E-state index in [1.807, 2.05) is 0 Å². The van der Waals surface area contributed by atoms with Crippen LogP contribution >= 0.6 is 0 Å². The summed E-state index contributed by atoms with van der Waals surface area (Å²) in [7, 11) is 0. The van der Waals surface area contributed by atoms with Crippen molar-refractivity contribution in [2.24, 2.45) is 11.7 Å². The number of hydrogen-bond acceptors (Lipinski definition) is 2. The smallest absolute Gasteiger partial charge is 0.0331 e. The lowest BCUT2D eigenvalue weighted by atomic mass is 9.87. The number of nitrogens with zero attached hydrogens (tertiary/aromatic N) is 1. The largest absolute Gasteiger partial charge is 0.329 e. The number of rotatable bonds is 8. The van der Waals surface area contributed by atoms with Gasteiger partial charge in [0.05, 0.1) is 0 Å². The summed E-state index contributed by atoms with van der Waals surface area (Å²) in [6, 6.07) is 0. The first-order valence-electron chi connectivity index (χ1n) is 7.67. The van der Waals surface area contributed by atoms with E-state index in [-0.39, 0.29) is 0 Å². The first-order chi connectivity index (χ1) is 8.22. The van der Waals surface area contributed by atoms with Crippen LogP contribution in [-0.4, -0.2) is 30.1 Å². The van der Waals surface area contributed by atoms with Crippen LogP contribution in [0, 0.1) is 5.92 Å². The molecule has 17 heavy (non-hydrogen) atoms. The van der Waals surface area contributed by atoms with Crippen molar-refractivity contribution in [2.45, 2.75) is 71.3 Å². The lowest BCUT2D eigenvalue weighted by Gasteiger charge is -2.41. The van der Waals surface area contributed by atoms with E-state index in [1.54, 1.807) is 0 Å². The minimum absolute atomic E-state index is 0.311. The fourth-order valence-corrected chi connectivity index (χ4v) is 3.61. The molecule has 1 aliphatic heterocycles. The summed E-state index contributed by atoms with van der Waals surface area (Å²) in [4.78, 5) is 2.72. The highest BCUT2D eigenvalue weighted by molar-refractivity contribution is 4.94. The van der Waals surface area contributed by atoms with Crippen molar-refractivity contribution in [1.82, 2.24) is 4.90 Å². The van der Waals surface area contributed by atoms with Crippen LogP contribution in [0.15, 0.2) is 0 Å². The minimum Gasteiger partial charge on any atom is -0.329 e. The Bertz CT molecular complexity index is 197. The highest BCUT2D eigenvalue weighted by Gasteiger charge is 2.37. The molecule has 0 aromatic rings. The molecule has 0 aliphatic carbocycles. The van der Waals surface area contributed by atoms with E-state index in [1.165, 1.54) is 58.0 Å². The Hall–Kier alpha value is -0.0800. The Morgan fingerprint density at radius 3 is 2.24 bits per heavy atom. The van der Waals surface area contributed by atoms with E-state index in [0.29, 0.717) is 5.54 Å². The van der Waals surface area contributed by atoms with Gasteiger partial charge in [-0.25, -0.2) is 0 Å². The van der Waals surface area contributed by atoms with Crippen LogP contribution in [0.4, 0.5) is 0 Å². The summed E-state index contributed by atoms with van der Waals surface area (Å²) in [6.07, 6.45) is 9.18. The molecule has 1 saturated heterocycles. The van der Waals surface area contributed by atoms with Gasteiger partial charge in [0.1, 0.15) is 0 Å². The molecular formula is C15H32N2. The maximum absolute atomic E-state index is 6.14. The van der Waals surface area contributed by atoms with Crippen LogP contribution in [0.1, 0.15) is 65.7 Å². The average molecular weight is 240 g/mol. The monoisotopic (exact) mass is 240 g/mol. The Balaban J connectivity index is 2.63. The predicted octanol–water partition coefficient (Wildman–Crippen LogP) is 3.41. The molecule has 2 nitrogen and oxygen atoms in total. The summed E-state index contributed by atoms with van der Waals surface area (Å²) in [5.41, 5.74) is 6.45. The Kier molecular flexibility index (Phi) is 6.50. The zero-order valence-electron chi connectivity index (χ0n) is 12.2. The first kappa shape index (κ1) is 15.0. The molecule has 1 heterocycles. The van der Waals surface area contributed by atoms with Gasteiger partial charge in [0, 0.05) is 18.6 Å². The highest BCUT2D eigenvalue weighted by Crippen LogP contribution is 2.33. The van der Waals surface area contributed by atoms with Crippen LogP contribution in [0.5, 0.6) is 0 Å². The molecule has 0 aromatic carbocycles. The van der Waals surface area contributed by atoms with Crippen LogP contribution < -0.4 is 5.73 Å². The van der Waals surface area contributed by atoms with E-state index in [4.69, 9.17) is 5.73 Å². The van der Waals surface area contributed by atoms with Gasteiger partial charge < -0.3 is 5.73 Å². The van der Waals surface area contributed by atoms with E-state index >= 15 is 0 Å². The number of likely N-dealkylation sites (tertiary alicyclic amines) is 1. The first-order valence-corrected chi connectivity index (χ1v) is 7.67. The molecule has 1 aliphatic rings. The van der Waals surface area contributed by atoms with Crippen molar-refractivity contribution < 1.29 is 0 Å². The lowest BCUT2D eigenvalue weighted by molar-refractivity contribution is 0.0962. The summed E-state index contributed by atoms with van der Waals surface area (Å²) in [5.74, 6) is 0.930. The van der Waals surface area contributed by atoms with Crippen molar-refractivity contribution in [3.05, 3.63) is 0 Å². The molecule has 0 bridgehead atoms. The third-order valence-electron chi connectivity index (χ3n) is 4.46. The molecule has 0 amide bonds. The number of hydrogen-bond donors (Lipinski definition) is 1. The Morgan fingerprint density at radius 2 is 1.76 bits per heavy atom.